The minimum atomic E-state index is -3.67. The van der Waals surface area contributed by atoms with Crippen molar-refractivity contribution < 1.29 is 17.9 Å². The summed E-state index contributed by atoms with van der Waals surface area (Å²) in [6.07, 6.45) is 4.69. The van der Waals surface area contributed by atoms with Crippen LogP contribution in [-0.4, -0.2) is 37.5 Å². The number of aromatic nitrogens is 2. The molecular formula is C29H31N3O4S. The van der Waals surface area contributed by atoms with Crippen LogP contribution in [0.25, 0.3) is 11.1 Å². The van der Waals surface area contributed by atoms with Crippen molar-refractivity contribution in [1.29, 1.82) is 0 Å². The van der Waals surface area contributed by atoms with Gasteiger partial charge in [0.15, 0.2) is 9.84 Å². The van der Waals surface area contributed by atoms with Gasteiger partial charge in [-0.1, -0.05) is 60.2 Å². The van der Waals surface area contributed by atoms with Gasteiger partial charge in [0, 0.05) is 19.8 Å². The van der Waals surface area contributed by atoms with Gasteiger partial charge in [-0.2, -0.15) is 0 Å². The Kier molecular flexibility index (Phi) is 8.08. The average Bonchev–Trinajstić information content (AvgIpc) is 3.32. The molecule has 0 aliphatic heterocycles. The minimum absolute atomic E-state index is 0.134. The quantitative estimate of drug-likeness (QED) is 0.307. The SMILES string of the molecule is COc1ccc(-c2cccc(C)c2)cc1S(=O)(=O)Cc1cccc(CCCNC(=O)c2cn(C)cn2)c1. The number of carbonyl (C=O) groups is 1. The van der Waals surface area contributed by atoms with E-state index in [9.17, 15) is 13.2 Å². The second-order valence-corrected chi connectivity index (χ2v) is 11.1. The molecule has 0 spiro atoms. The number of amides is 1. The van der Waals surface area contributed by atoms with Crippen LogP contribution in [0.3, 0.4) is 0 Å². The van der Waals surface area contributed by atoms with E-state index in [1.54, 1.807) is 29.2 Å². The summed E-state index contributed by atoms with van der Waals surface area (Å²) in [6.45, 7) is 2.51. The number of methoxy groups -OCH3 is 1. The lowest BCUT2D eigenvalue weighted by molar-refractivity contribution is 0.0948. The Bertz CT molecular complexity index is 1510. The van der Waals surface area contributed by atoms with E-state index in [4.69, 9.17) is 4.74 Å². The highest BCUT2D eigenvalue weighted by Crippen LogP contribution is 2.32. The Morgan fingerprint density at radius 1 is 1.00 bits per heavy atom. The van der Waals surface area contributed by atoms with Crippen molar-refractivity contribution >= 4 is 15.7 Å². The van der Waals surface area contributed by atoms with E-state index in [2.05, 4.69) is 10.3 Å². The molecule has 37 heavy (non-hydrogen) atoms. The molecular weight excluding hydrogens is 486 g/mol. The zero-order valence-corrected chi connectivity index (χ0v) is 22.1. The first-order valence-corrected chi connectivity index (χ1v) is 13.7. The number of nitrogens with zero attached hydrogens (tertiary/aromatic N) is 2. The van der Waals surface area contributed by atoms with Crippen LogP contribution in [0.1, 0.15) is 33.6 Å². The number of sulfone groups is 1. The van der Waals surface area contributed by atoms with Crippen LogP contribution in [-0.2, 0) is 29.1 Å². The van der Waals surface area contributed by atoms with Crippen molar-refractivity contribution in [3.63, 3.8) is 0 Å². The zero-order chi connectivity index (χ0) is 26.4. The van der Waals surface area contributed by atoms with Crippen LogP contribution in [0.4, 0.5) is 0 Å². The fraction of sp³-hybridized carbons (Fsp3) is 0.241. The van der Waals surface area contributed by atoms with Gasteiger partial charge in [0.05, 0.1) is 19.2 Å². The second-order valence-electron chi connectivity index (χ2n) is 9.10. The van der Waals surface area contributed by atoms with Gasteiger partial charge in [0.25, 0.3) is 5.91 Å². The molecule has 0 aliphatic rings. The third-order valence-electron chi connectivity index (χ3n) is 6.06. The van der Waals surface area contributed by atoms with E-state index < -0.39 is 9.84 Å². The maximum Gasteiger partial charge on any atom is 0.271 e. The number of benzene rings is 3. The van der Waals surface area contributed by atoms with Crippen LogP contribution < -0.4 is 10.1 Å². The first-order valence-electron chi connectivity index (χ1n) is 12.1. The zero-order valence-electron chi connectivity index (χ0n) is 21.3. The molecule has 4 rings (SSSR count). The summed E-state index contributed by atoms with van der Waals surface area (Å²) in [5.74, 6) is -0.0104. The highest BCUT2D eigenvalue weighted by Gasteiger charge is 2.21. The van der Waals surface area contributed by atoms with Gasteiger partial charge in [-0.05, 0) is 54.2 Å². The van der Waals surface area contributed by atoms with Gasteiger partial charge in [-0.15, -0.1) is 0 Å². The smallest absolute Gasteiger partial charge is 0.271 e. The Labute approximate surface area is 218 Å². The molecule has 7 nitrogen and oxygen atoms in total. The van der Waals surface area contributed by atoms with Gasteiger partial charge in [0.2, 0.25) is 0 Å². The molecule has 1 heterocycles. The number of nitrogens with one attached hydrogen (secondary N) is 1. The monoisotopic (exact) mass is 517 g/mol. The number of imidazole rings is 1. The Morgan fingerprint density at radius 2 is 1.76 bits per heavy atom. The molecule has 4 aromatic rings. The van der Waals surface area contributed by atoms with Gasteiger partial charge < -0.3 is 14.6 Å². The number of carbonyl (C=O) groups excluding carboxylic acids is 1. The molecule has 192 valence electrons. The number of rotatable bonds is 10. The molecule has 0 aliphatic carbocycles. The maximum atomic E-state index is 13.5. The Balaban J connectivity index is 1.44. The summed E-state index contributed by atoms with van der Waals surface area (Å²) < 4.78 is 34.1. The lowest BCUT2D eigenvalue weighted by Crippen LogP contribution is -2.25. The van der Waals surface area contributed by atoms with Crippen molar-refractivity contribution in [2.45, 2.75) is 30.4 Å². The predicted octanol–water partition coefficient (Wildman–Crippen LogP) is 4.74. The van der Waals surface area contributed by atoms with Gasteiger partial charge in [0.1, 0.15) is 16.3 Å². The lowest BCUT2D eigenvalue weighted by Gasteiger charge is -2.13. The highest BCUT2D eigenvalue weighted by molar-refractivity contribution is 7.90. The Morgan fingerprint density at radius 3 is 2.49 bits per heavy atom. The molecule has 1 N–H and O–H groups in total. The average molecular weight is 518 g/mol. The van der Waals surface area contributed by atoms with E-state index in [1.807, 2.05) is 68.6 Å². The van der Waals surface area contributed by atoms with Crippen molar-refractivity contribution in [3.05, 3.63) is 102 Å². The molecule has 0 unspecified atom stereocenters. The molecule has 1 amide bonds. The van der Waals surface area contributed by atoms with Crippen LogP contribution in [0.5, 0.6) is 5.75 Å². The molecule has 3 aromatic carbocycles. The number of hydrogen-bond acceptors (Lipinski definition) is 5. The van der Waals surface area contributed by atoms with Gasteiger partial charge in [-0.3, -0.25) is 4.79 Å². The van der Waals surface area contributed by atoms with Crippen molar-refractivity contribution in [3.8, 4) is 16.9 Å². The van der Waals surface area contributed by atoms with Crippen molar-refractivity contribution in [2.24, 2.45) is 7.05 Å². The standard InChI is InChI=1S/C29H31N3O4S/c1-21-7-4-11-24(15-21)25-12-13-27(36-3)28(17-25)37(34,35)19-23-9-5-8-22(16-23)10-6-14-30-29(33)26-18-32(2)20-31-26/h4-5,7-9,11-13,15-18,20H,6,10,14,19H2,1-3H3,(H,30,33). The molecule has 0 saturated carbocycles. The highest BCUT2D eigenvalue weighted by atomic mass is 32.2. The topological polar surface area (TPSA) is 90.3 Å². The van der Waals surface area contributed by atoms with Crippen LogP contribution in [0.2, 0.25) is 0 Å². The lowest BCUT2D eigenvalue weighted by atomic mass is 10.0. The summed E-state index contributed by atoms with van der Waals surface area (Å²) in [7, 11) is -0.376. The Hall–Kier alpha value is -3.91. The summed E-state index contributed by atoms with van der Waals surface area (Å²) in [4.78, 5) is 16.4. The molecule has 8 heteroatoms. The van der Waals surface area contributed by atoms with Gasteiger partial charge >= 0.3 is 0 Å². The molecule has 0 atom stereocenters. The predicted molar refractivity (Wildman–Crippen MR) is 144 cm³/mol. The third-order valence-corrected chi connectivity index (χ3v) is 7.77. The van der Waals surface area contributed by atoms with Crippen molar-refractivity contribution in [1.82, 2.24) is 14.9 Å². The fourth-order valence-corrected chi connectivity index (χ4v) is 5.75. The minimum Gasteiger partial charge on any atom is -0.495 e. The second kappa shape index (κ2) is 11.4. The summed E-state index contributed by atoms with van der Waals surface area (Å²) >= 11 is 0. The number of aryl methyl sites for hydroxylation is 3. The molecule has 0 bridgehead atoms. The van der Waals surface area contributed by atoms with Gasteiger partial charge in [-0.25, -0.2) is 13.4 Å². The van der Waals surface area contributed by atoms with Crippen molar-refractivity contribution in [2.75, 3.05) is 13.7 Å². The van der Waals surface area contributed by atoms with E-state index in [1.165, 1.54) is 7.11 Å². The molecule has 0 fully saturated rings. The van der Waals surface area contributed by atoms with Crippen LogP contribution in [0.15, 0.2) is 84.1 Å². The first kappa shape index (κ1) is 26.2. The largest absolute Gasteiger partial charge is 0.495 e. The maximum absolute atomic E-state index is 13.5. The van der Waals surface area contributed by atoms with E-state index in [0.29, 0.717) is 30.0 Å². The van der Waals surface area contributed by atoms with E-state index in [-0.39, 0.29) is 16.6 Å². The number of hydrogen-bond donors (Lipinski definition) is 1. The van der Waals surface area contributed by atoms with E-state index in [0.717, 1.165) is 28.7 Å². The summed E-state index contributed by atoms with van der Waals surface area (Å²) in [5.41, 5.74) is 4.99. The fourth-order valence-electron chi connectivity index (χ4n) is 4.21. The molecule has 0 radical (unpaired) electrons. The molecule has 1 aromatic heterocycles. The molecule has 0 saturated heterocycles. The summed E-state index contributed by atoms with van der Waals surface area (Å²) in [6, 6.07) is 20.8. The third kappa shape index (κ3) is 6.65. The summed E-state index contributed by atoms with van der Waals surface area (Å²) in [5, 5.41) is 2.87. The number of ether oxygens (including phenoxy) is 1. The van der Waals surface area contributed by atoms with Crippen LogP contribution >= 0.6 is 0 Å². The first-order chi connectivity index (χ1) is 17.7. The normalized spacial score (nSPS) is 11.3. The van der Waals surface area contributed by atoms with E-state index >= 15 is 0 Å². The van der Waals surface area contributed by atoms with Crippen LogP contribution in [0, 0.1) is 6.92 Å².